The smallest absolute Gasteiger partial charge is 0.123 e. The molecule has 5 aromatic carbocycles. The van der Waals surface area contributed by atoms with Crippen LogP contribution in [0.15, 0.2) is 145 Å². The Kier molecular flexibility index (Phi) is 7.13. The molecule has 5 aromatic rings. The maximum atomic E-state index is 10.7. The average molecular weight is 585 g/mol. The van der Waals surface area contributed by atoms with Crippen LogP contribution in [-0.2, 0) is 0 Å². The molecule has 5 nitrogen and oxygen atoms in total. The van der Waals surface area contributed by atoms with Gasteiger partial charge in [-0.05, 0) is 77.2 Å². The summed E-state index contributed by atoms with van der Waals surface area (Å²) in [5.41, 5.74) is 15.7. The molecule has 3 N–H and O–H groups in total. The third-order valence-corrected chi connectivity index (χ3v) is 8.88. The molecule has 2 unspecified atom stereocenters. The van der Waals surface area contributed by atoms with Gasteiger partial charge in [0.15, 0.2) is 0 Å². The molecule has 1 aliphatic heterocycles. The summed E-state index contributed by atoms with van der Waals surface area (Å²) in [6.07, 6.45) is 8.56. The molecule has 0 aromatic heterocycles. The first-order chi connectivity index (χ1) is 22.0. The van der Waals surface area contributed by atoms with Crippen LogP contribution in [0.5, 0.6) is 5.75 Å². The first-order valence-corrected chi connectivity index (χ1v) is 15.0. The molecule has 0 spiro atoms. The van der Waals surface area contributed by atoms with Crippen LogP contribution in [0.2, 0.25) is 0 Å². The Morgan fingerprint density at radius 1 is 0.911 bits per heavy atom. The zero-order valence-corrected chi connectivity index (χ0v) is 24.9. The molecule has 0 bridgehead atoms. The summed E-state index contributed by atoms with van der Waals surface area (Å²) in [6, 6.07) is 41.5. The van der Waals surface area contributed by atoms with Gasteiger partial charge in [0, 0.05) is 29.1 Å². The number of nitriles is 1. The number of fused-ring (bicyclic) bond motifs is 3. The van der Waals surface area contributed by atoms with Gasteiger partial charge in [0.05, 0.1) is 28.9 Å². The van der Waals surface area contributed by atoms with E-state index in [1.54, 1.807) is 12.1 Å². The molecule has 0 amide bonds. The van der Waals surface area contributed by atoms with E-state index in [1.807, 2.05) is 66.9 Å². The van der Waals surface area contributed by atoms with E-state index < -0.39 is 11.6 Å². The number of nitrogens with two attached hydrogens (primary N) is 1. The number of hydrogen-bond donors (Lipinski definition) is 2. The number of aliphatic imine (C=N–C) groups is 1. The Morgan fingerprint density at radius 3 is 2.56 bits per heavy atom. The number of rotatable bonds is 6. The van der Waals surface area contributed by atoms with Crippen molar-refractivity contribution in [1.29, 1.82) is 5.26 Å². The number of hydrogen-bond acceptors (Lipinski definition) is 5. The van der Waals surface area contributed by atoms with Crippen LogP contribution >= 0.6 is 0 Å². The standard InChI is InChI=1S/C40H32N4O/c1-40-24-30(32-14-4-7-19-38(32)45)20-21-35(40)33-15-3-6-18-37(33)44(40)31-13-9-11-28(23-31)26-43-36-17-5-2-16-34(36)39(42)29-12-8-10-27(22-29)25-41/h2-24,26,35,39,45H,42H2,1H3/b43-26+/t35?,39?,40-/m0/s1. The number of nitrogens with zero attached hydrogens (tertiary/aromatic N) is 3. The largest absolute Gasteiger partial charge is 0.507 e. The second kappa shape index (κ2) is 11.4. The zero-order valence-electron chi connectivity index (χ0n) is 24.9. The minimum Gasteiger partial charge on any atom is -0.507 e. The van der Waals surface area contributed by atoms with Crippen LogP contribution in [0.1, 0.15) is 52.3 Å². The minimum atomic E-state index is -0.416. The molecule has 1 heterocycles. The third-order valence-electron chi connectivity index (χ3n) is 8.88. The van der Waals surface area contributed by atoms with Crippen LogP contribution in [0, 0.1) is 11.3 Å². The van der Waals surface area contributed by atoms with E-state index in [2.05, 4.69) is 84.7 Å². The van der Waals surface area contributed by atoms with Crippen molar-refractivity contribution in [2.24, 2.45) is 10.7 Å². The second-order valence-electron chi connectivity index (χ2n) is 11.7. The minimum absolute atomic E-state index is 0.147. The second-order valence-corrected chi connectivity index (χ2v) is 11.7. The first kappa shape index (κ1) is 28.1. The van der Waals surface area contributed by atoms with Crippen molar-refractivity contribution in [2.75, 3.05) is 4.90 Å². The first-order valence-electron chi connectivity index (χ1n) is 15.0. The highest BCUT2D eigenvalue weighted by Gasteiger charge is 2.47. The maximum Gasteiger partial charge on any atom is 0.123 e. The molecule has 45 heavy (non-hydrogen) atoms. The van der Waals surface area contributed by atoms with Gasteiger partial charge in [-0.25, -0.2) is 0 Å². The van der Waals surface area contributed by atoms with Crippen LogP contribution in [0.25, 0.3) is 5.57 Å². The molecule has 2 aliphatic rings. The number of allylic oxidation sites excluding steroid dienone is 2. The van der Waals surface area contributed by atoms with E-state index in [0.29, 0.717) is 5.56 Å². The summed E-state index contributed by atoms with van der Waals surface area (Å²) in [5, 5.41) is 20.0. The lowest BCUT2D eigenvalue weighted by atomic mass is 9.77. The Morgan fingerprint density at radius 2 is 1.69 bits per heavy atom. The zero-order chi connectivity index (χ0) is 31.0. The topological polar surface area (TPSA) is 85.6 Å². The van der Waals surface area contributed by atoms with Crippen molar-refractivity contribution in [3.05, 3.63) is 173 Å². The van der Waals surface area contributed by atoms with E-state index in [1.165, 1.54) is 5.56 Å². The Bertz CT molecular complexity index is 2050. The van der Waals surface area contributed by atoms with Gasteiger partial charge in [-0.2, -0.15) is 5.26 Å². The molecule has 0 radical (unpaired) electrons. The van der Waals surface area contributed by atoms with Crippen LogP contribution < -0.4 is 10.6 Å². The number of phenolic OH excluding ortho intramolecular Hbond substituents is 1. The van der Waals surface area contributed by atoms with Crippen molar-refractivity contribution < 1.29 is 5.11 Å². The molecule has 3 atom stereocenters. The fourth-order valence-electron chi connectivity index (χ4n) is 6.72. The van der Waals surface area contributed by atoms with Gasteiger partial charge in [-0.1, -0.05) is 97.1 Å². The summed E-state index contributed by atoms with van der Waals surface area (Å²) in [7, 11) is 0. The number of benzene rings is 5. The van der Waals surface area contributed by atoms with E-state index in [9.17, 15) is 10.4 Å². The van der Waals surface area contributed by atoms with Crippen molar-refractivity contribution in [3.63, 3.8) is 0 Å². The lowest BCUT2D eigenvalue weighted by molar-refractivity contribution is 0.473. The molecular formula is C40H32N4O. The SMILES string of the molecule is C[C@]12C=C(c3ccccc3O)C=CC1c1ccccc1N2c1cccc(/C=N/c2ccccc2C(N)c2cccc(C#N)c2)c1. The van der Waals surface area contributed by atoms with Crippen molar-refractivity contribution in [2.45, 2.75) is 24.4 Å². The number of aromatic hydroxyl groups is 1. The quantitative estimate of drug-likeness (QED) is 0.196. The number of para-hydroxylation sites is 3. The van der Waals surface area contributed by atoms with Gasteiger partial charge in [-0.3, -0.25) is 4.99 Å². The third kappa shape index (κ3) is 5.02. The fourth-order valence-corrected chi connectivity index (χ4v) is 6.72. The van der Waals surface area contributed by atoms with Gasteiger partial charge in [0.1, 0.15) is 5.75 Å². The van der Waals surface area contributed by atoms with Gasteiger partial charge < -0.3 is 15.7 Å². The summed E-state index contributed by atoms with van der Waals surface area (Å²) >= 11 is 0. The summed E-state index contributed by atoms with van der Waals surface area (Å²) < 4.78 is 0. The highest BCUT2D eigenvalue weighted by molar-refractivity contribution is 5.88. The van der Waals surface area contributed by atoms with Gasteiger partial charge in [0.25, 0.3) is 0 Å². The Labute approximate surface area is 263 Å². The molecule has 0 saturated carbocycles. The Balaban J connectivity index is 1.25. The monoisotopic (exact) mass is 584 g/mol. The Hall–Kier alpha value is -5.70. The van der Waals surface area contributed by atoms with Crippen LogP contribution in [0.4, 0.5) is 17.1 Å². The summed E-state index contributed by atoms with van der Waals surface area (Å²) in [4.78, 5) is 7.30. The summed E-state index contributed by atoms with van der Waals surface area (Å²) in [6.45, 7) is 2.26. The fraction of sp³-hybridized carbons (Fsp3) is 0.100. The van der Waals surface area contributed by atoms with E-state index in [4.69, 9.17) is 10.7 Å². The predicted molar refractivity (Wildman–Crippen MR) is 182 cm³/mol. The maximum absolute atomic E-state index is 10.7. The van der Waals surface area contributed by atoms with Gasteiger partial charge >= 0.3 is 0 Å². The lowest BCUT2D eigenvalue weighted by Crippen LogP contribution is -2.42. The molecule has 7 rings (SSSR count). The predicted octanol–water partition coefficient (Wildman–Crippen LogP) is 8.71. The molecule has 0 saturated heterocycles. The van der Waals surface area contributed by atoms with Crippen LogP contribution in [0.3, 0.4) is 0 Å². The molecule has 1 aliphatic carbocycles. The molecule has 0 fully saturated rings. The van der Waals surface area contributed by atoms with Crippen molar-refractivity contribution in [3.8, 4) is 11.8 Å². The van der Waals surface area contributed by atoms with Crippen molar-refractivity contribution in [1.82, 2.24) is 0 Å². The van der Waals surface area contributed by atoms with Crippen molar-refractivity contribution >= 4 is 28.8 Å². The number of phenols is 1. The highest BCUT2D eigenvalue weighted by atomic mass is 16.3. The van der Waals surface area contributed by atoms with E-state index >= 15 is 0 Å². The molecule has 5 heteroatoms. The van der Waals surface area contributed by atoms with Crippen LogP contribution in [-0.4, -0.2) is 16.9 Å². The summed E-state index contributed by atoms with van der Waals surface area (Å²) in [5.74, 6) is 0.419. The highest BCUT2D eigenvalue weighted by Crippen LogP contribution is 2.55. The lowest BCUT2D eigenvalue weighted by Gasteiger charge is -2.40. The normalized spacial score (nSPS) is 19.1. The van der Waals surface area contributed by atoms with E-state index in [0.717, 1.165) is 44.9 Å². The van der Waals surface area contributed by atoms with E-state index in [-0.39, 0.29) is 11.7 Å². The number of anilines is 2. The van der Waals surface area contributed by atoms with Gasteiger partial charge in [-0.15, -0.1) is 0 Å². The molecular weight excluding hydrogens is 552 g/mol. The van der Waals surface area contributed by atoms with Gasteiger partial charge in [0.2, 0.25) is 0 Å². The average Bonchev–Trinajstić information content (AvgIpc) is 3.35. The molecule has 218 valence electrons.